The van der Waals surface area contributed by atoms with E-state index >= 15 is 0 Å². The van der Waals surface area contributed by atoms with Gasteiger partial charge in [-0.2, -0.15) is 0 Å². The van der Waals surface area contributed by atoms with E-state index in [9.17, 15) is 0 Å². The molecule has 1 atom stereocenters. The number of benzene rings is 4. The Balaban J connectivity index is 1.04. The van der Waals surface area contributed by atoms with E-state index < -0.39 is 0 Å². The van der Waals surface area contributed by atoms with Crippen LogP contribution in [0.25, 0.3) is 22.3 Å². The van der Waals surface area contributed by atoms with Gasteiger partial charge in [0.05, 0.1) is 11.1 Å². The molecule has 9 rings (SSSR count). The second-order valence-corrected chi connectivity index (χ2v) is 13.7. The van der Waals surface area contributed by atoms with Crippen LogP contribution in [0, 0.1) is 16.7 Å². The van der Waals surface area contributed by atoms with Crippen molar-refractivity contribution in [1.29, 1.82) is 10.8 Å². The maximum atomic E-state index is 8.60. The molecule has 4 aromatic carbocycles. The van der Waals surface area contributed by atoms with E-state index in [4.69, 9.17) is 15.6 Å². The standard InChI is InChI=1S/C47H38N2O/c48-43(32-11-2-1-3-12-32)27-28-44(49)33-23-21-31(22-24-33)34-13-10-14-35(29-34)36-25-26-42-46(30-36)50-45-20-9-8-19-41(45)47(42)39-17-6-4-15-37(39)38-16-5-7-18-40(38)47/h1-5,8-11,13-16,19-30,32,48-49H,6-7,12,17-18H2/b28-27-,48-43?,49-44?. The van der Waals surface area contributed by atoms with Gasteiger partial charge in [-0.1, -0.05) is 121 Å². The molecule has 3 heteroatoms. The van der Waals surface area contributed by atoms with E-state index in [1.54, 1.807) is 12.2 Å². The summed E-state index contributed by atoms with van der Waals surface area (Å²) in [6, 6.07) is 32.4. The molecule has 5 aliphatic rings. The predicted octanol–water partition coefficient (Wildman–Crippen LogP) is 11.8. The first kappa shape index (κ1) is 30.3. The van der Waals surface area contributed by atoms with Crippen LogP contribution in [-0.2, 0) is 5.41 Å². The third kappa shape index (κ3) is 4.88. The van der Waals surface area contributed by atoms with Gasteiger partial charge in [0.25, 0.3) is 0 Å². The first-order valence-corrected chi connectivity index (χ1v) is 17.7. The van der Waals surface area contributed by atoms with Gasteiger partial charge in [0.2, 0.25) is 0 Å². The van der Waals surface area contributed by atoms with Crippen molar-refractivity contribution in [2.24, 2.45) is 5.92 Å². The van der Waals surface area contributed by atoms with Crippen molar-refractivity contribution in [3.63, 3.8) is 0 Å². The summed E-state index contributed by atoms with van der Waals surface area (Å²) in [6.07, 6.45) is 26.1. The molecule has 4 aliphatic carbocycles. The van der Waals surface area contributed by atoms with Crippen molar-refractivity contribution < 1.29 is 4.74 Å². The second-order valence-electron chi connectivity index (χ2n) is 13.7. The molecule has 0 bridgehead atoms. The fourth-order valence-electron chi connectivity index (χ4n) is 8.59. The normalized spacial score (nSPS) is 19.3. The van der Waals surface area contributed by atoms with Crippen molar-refractivity contribution in [3.8, 4) is 33.8 Å². The lowest BCUT2D eigenvalue weighted by Gasteiger charge is -2.43. The van der Waals surface area contributed by atoms with Gasteiger partial charge >= 0.3 is 0 Å². The summed E-state index contributed by atoms with van der Waals surface area (Å²) in [7, 11) is 0. The number of nitrogens with one attached hydrogen (secondary N) is 2. The number of ether oxygens (including phenoxy) is 1. The Hall–Kier alpha value is -5.80. The number of allylic oxidation sites excluding steroid dienone is 14. The Morgan fingerprint density at radius 3 is 2.06 bits per heavy atom. The molecule has 1 aliphatic heterocycles. The third-order valence-corrected chi connectivity index (χ3v) is 11.0. The molecule has 0 amide bonds. The molecular weight excluding hydrogens is 609 g/mol. The molecule has 0 fully saturated rings. The van der Waals surface area contributed by atoms with E-state index in [0.29, 0.717) is 11.4 Å². The van der Waals surface area contributed by atoms with Crippen molar-refractivity contribution in [2.75, 3.05) is 0 Å². The summed E-state index contributed by atoms with van der Waals surface area (Å²) >= 11 is 0. The summed E-state index contributed by atoms with van der Waals surface area (Å²) in [5.41, 5.74) is 14.4. The van der Waals surface area contributed by atoms with E-state index in [2.05, 4.69) is 109 Å². The van der Waals surface area contributed by atoms with E-state index in [1.807, 2.05) is 30.4 Å². The van der Waals surface area contributed by atoms with Crippen molar-refractivity contribution in [1.82, 2.24) is 0 Å². The van der Waals surface area contributed by atoms with Gasteiger partial charge in [0, 0.05) is 22.8 Å². The smallest absolute Gasteiger partial charge is 0.132 e. The van der Waals surface area contributed by atoms with Gasteiger partial charge in [-0.25, -0.2) is 0 Å². The van der Waals surface area contributed by atoms with Gasteiger partial charge in [-0.3, -0.25) is 0 Å². The van der Waals surface area contributed by atoms with Crippen LogP contribution in [0.4, 0.5) is 0 Å². The Kier molecular flexibility index (Phi) is 7.43. The van der Waals surface area contributed by atoms with Gasteiger partial charge in [0.15, 0.2) is 0 Å². The summed E-state index contributed by atoms with van der Waals surface area (Å²) in [6.45, 7) is 0. The van der Waals surface area contributed by atoms with Crippen LogP contribution in [0.15, 0.2) is 174 Å². The third-order valence-electron chi connectivity index (χ3n) is 11.0. The van der Waals surface area contributed by atoms with Crippen molar-refractivity contribution in [2.45, 2.75) is 37.5 Å². The summed E-state index contributed by atoms with van der Waals surface area (Å²) in [4.78, 5) is 0. The topological polar surface area (TPSA) is 56.9 Å². The minimum Gasteiger partial charge on any atom is -0.457 e. The summed E-state index contributed by atoms with van der Waals surface area (Å²) in [5.74, 6) is 1.98. The van der Waals surface area contributed by atoms with E-state index in [1.165, 1.54) is 33.4 Å². The zero-order valence-corrected chi connectivity index (χ0v) is 28.0. The van der Waals surface area contributed by atoms with Gasteiger partial charge in [-0.15, -0.1) is 0 Å². The Labute approximate surface area is 294 Å². The zero-order chi connectivity index (χ0) is 33.7. The van der Waals surface area contributed by atoms with Crippen LogP contribution < -0.4 is 4.74 Å². The van der Waals surface area contributed by atoms with Gasteiger partial charge in [0.1, 0.15) is 11.5 Å². The lowest BCUT2D eigenvalue weighted by molar-refractivity contribution is 0.426. The van der Waals surface area contributed by atoms with Crippen LogP contribution in [0.1, 0.15) is 48.8 Å². The molecule has 3 nitrogen and oxygen atoms in total. The molecule has 0 saturated carbocycles. The Morgan fingerprint density at radius 2 is 1.32 bits per heavy atom. The number of fused-ring (bicyclic) bond motifs is 7. The molecule has 1 unspecified atom stereocenters. The average Bonchev–Trinajstić information content (AvgIpc) is 3.48. The highest BCUT2D eigenvalue weighted by Crippen LogP contribution is 2.64. The fourth-order valence-corrected chi connectivity index (χ4v) is 8.59. The van der Waals surface area contributed by atoms with Crippen LogP contribution in [0.5, 0.6) is 11.5 Å². The van der Waals surface area contributed by atoms with E-state index in [0.717, 1.165) is 71.4 Å². The molecule has 1 spiro atoms. The molecular formula is C47H38N2O. The minimum atomic E-state index is -0.292. The number of para-hydroxylation sites is 1. The molecule has 1 heterocycles. The predicted molar refractivity (Wildman–Crippen MR) is 205 cm³/mol. The molecule has 0 aromatic heterocycles. The number of hydrogen-bond donors (Lipinski definition) is 2. The molecule has 2 N–H and O–H groups in total. The highest BCUT2D eigenvalue weighted by atomic mass is 16.5. The molecule has 0 saturated heterocycles. The maximum absolute atomic E-state index is 8.60. The molecule has 50 heavy (non-hydrogen) atoms. The Morgan fingerprint density at radius 1 is 0.640 bits per heavy atom. The van der Waals surface area contributed by atoms with Gasteiger partial charge < -0.3 is 15.6 Å². The van der Waals surface area contributed by atoms with Crippen molar-refractivity contribution >= 4 is 11.4 Å². The monoisotopic (exact) mass is 646 g/mol. The quantitative estimate of drug-likeness (QED) is 0.201. The highest BCUT2D eigenvalue weighted by Gasteiger charge is 2.52. The summed E-state index contributed by atoms with van der Waals surface area (Å²) < 4.78 is 6.78. The largest absolute Gasteiger partial charge is 0.457 e. The lowest BCUT2D eigenvalue weighted by atomic mass is 9.62. The minimum absolute atomic E-state index is 0.0825. The van der Waals surface area contributed by atoms with E-state index in [-0.39, 0.29) is 11.3 Å². The SMILES string of the molecule is N=C(/C=C\C(=N)C1C=CC=CC1)c1ccc(-c2cccc(-c3ccc4c(c3)Oc3ccccc3C43C4=C(C=CCC4)C4=C3CCC=C4)c2)cc1. The fraction of sp³-hybridized carbons (Fsp3) is 0.149. The average molecular weight is 647 g/mol. The number of rotatable bonds is 6. The first-order chi connectivity index (χ1) is 24.6. The molecule has 4 aromatic rings. The molecule has 0 radical (unpaired) electrons. The summed E-state index contributed by atoms with van der Waals surface area (Å²) in [5, 5.41) is 17.0. The number of hydrogen-bond acceptors (Lipinski definition) is 3. The van der Waals surface area contributed by atoms with Crippen LogP contribution in [-0.4, -0.2) is 11.4 Å². The second kappa shape index (κ2) is 12.3. The zero-order valence-electron chi connectivity index (χ0n) is 28.0. The Bertz CT molecular complexity index is 2260. The van der Waals surface area contributed by atoms with Crippen LogP contribution in [0.2, 0.25) is 0 Å². The van der Waals surface area contributed by atoms with Crippen LogP contribution in [0.3, 0.4) is 0 Å². The van der Waals surface area contributed by atoms with Crippen LogP contribution >= 0.6 is 0 Å². The maximum Gasteiger partial charge on any atom is 0.132 e. The highest BCUT2D eigenvalue weighted by molar-refractivity contribution is 6.10. The van der Waals surface area contributed by atoms with Gasteiger partial charge in [-0.05, 0) is 113 Å². The lowest BCUT2D eigenvalue weighted by Crippen LogP contribution is -2.35. The van der Waals surface area contributed by atoms with Crippen molar-refractivity contribution in [3.05, 3.63) is 191 Å². The first-order valence-electron chi connectivity index (χ1n) is 17.7. The molecule has 242 valence electrons.